The van der Waals surface area contributed by atoms with Gasteiger partial charge in [-0.2, -0.15) is 0 Å². The summed E-state index contributed by atoms with van der Waals surface area (Å²) in [5, 5.41) is 4.98. The lowest BCUT2D eigenvalue weighted by molar-refractivity contribution is 0.0936. The topological polar surface area (TPSA) is 50.8 Å². The molecule has 0 fully saturated rings. The molecule has 2 aromatic rings. The molecule has 1 aromatic heterocycles. The molecule has 5 nitrogen and oxygen atoms in total. The van der Waals surface area contributed by atoms with E-state index in [0.717, 1.165) is 30.1 Å². The Morgan fingerprint density at radius 3 is 2.81 bits per heavy atom. The predicted molar refractivity (Wildman–Crippen MR) is 104 cm³/mol. The molecule has 1 amide bonds. The Bertz CT molecular complexity index is 774. The molecule has 0 spiro atoms. The van der Waals surface area contributed by atoms with Crippen molar-refractivity contribution in [3.63, 3.8) is 0 Å². The normalized spacial score (nSPS) is 16.6. The molecule has 1 aliphatic rings. The molecule has 0 saturated heterocycles. The number of nitrogens with one attached hydrogen (secondary N) is 1. The van der Waals surface area contributed by atoms with E-state index in [4.69, 9.17) is 9.47 Å². The molecule has 6 heteroatoms. The van der Waals surface area contributed by atoms with Crippen molar-refractivity contribution in [2.45, 2.75) is 12.5 Å². The van der Waals surface area contributed by atoms with Crippen LogP contribution < -0.4 is 14.8 Å². The van der Waals surface area contributed by atoms with Crippen LogP contribution in [0.1, 0.15) is 26.8 Å². The van der Waals surface area contributed by atoms with E-state index in [1.54, 1.807) is 14.2 Å². The molecule has 3 rings (SSSR count). The molecular formula is C20H24N2O3S. The zero-order chi connectivity index (χ0) is 18.5. The molecule has 1 aromatic carbocycles. The lowest BCUT2D eigenvalue weighted by Gasteiger charge is -2.37. The molecule has 1 N–H and O–H groups in total. The fourth-order valence-corrected chi connectivity index (χ4v) is 4.03. The van der Waals surface area contributed by atoms with Crippen molar-refractivity contribution in [3.05, 3.63) is 58.3 Å². The lowest BCUT2D eigenvalue weighted by Crippen LogP contribution is -2.42. The first-order chi connectivity index (χ1) is 12.7. The maximum absolute atomic E-state index is 12.4. The van der Waals surface area contributed by atoms with Crippen LogP contribution in [0.25, 0.3) is 0 Å². The Labute approximate surface area is 158 Å². The Morgan fingerprint density at radius 1 is 1.38 bits per heavy atom. The smallest absolute Gasteiger partial charge is 0.261 e. The van der Waals surface area contributed by atoms with Gasteiger partial charge in [0.15, 0.2) is 11.5 Å². The van der Waals surface area contributed by atoms with E-state index in [9.17, 15) is 4.79 Å². The minimum atomic E-state index is -0.0360. The van der Waals surface area contributed by atoms with Crippen molar-refractivity contribution in [1.29, 1.82) is 0 Å². The maximum atomic E-state index is 12.4. The van der Waals surface area contributed by atoms with Gasteiger partial charge in [-0.15, -0.1) is 17.9 Å². The van der Waals surface area contributed by atoms with Crippen molar-refractivity contribution in [2.75, 3.05) is 33.9 Å². The Balaban J connectivity index is 1.87. The van der Waals surface area contributed by atoms with Crippen LogP contribution in [0.2, 0.25) is 0 Å². The van der Waals surface area contributed by atoms with Gasteiger partial charge in [0.2, 0.25) is 0 Å². The highest BCUT2D eigenvalue weighted by Gasteiger charge is 2.29. The number of hydrogen-bond acceptors (Lipinski definition) is 5. The van der Waals surface area contributed by atoms with Crippen molar-refractivity contribution < 1.29 is 14.3 Å². The van der Waals surface area contributed by atoms with Crippen LogP contribution >= 0.6 is 11.3 Å². The van der Waals surface area contributed by atoms with Gasteiger partial charge in [-0.05, 0) is 41.1 Å². The fraction of sp³-hybridized carbons (Fsp3) is 0.350. The highest BCUT2D eigenvalue weighted by molar-refractivity contribution is 7.12. The van der Waals surface area contributed by atoms with Crippen molar-refractivity contribution in [2.24, 2.45) is 0 Å². The number of ether oxygens (including phenoxy) is 2. The number of methoxy groups -OCH3 is 2. The number of nitrogens with zero attached hydrogens (tertiary/aromatic N) is 1. The van der Waals surface area contributed by atoms with Gasteiger partial charge in [0, 0.05) is 19.6 Å². The van der Waals surface area contributed by atoms with Gasteiger partial charge >= 0.3 is 0 Å². The van der Waals surface area contributed by atoms with Gasteiger partial charge < -0.3 is 14.8 Å². The van der Waals surface area contributed by atoms with E-state index in [0.29, 0.717) is 12.3 Å². The van der Waals surface area contributed by atoms with Crippen molar-refractivity contribution in [1.82, 2.24) is 10.2 Å². The van der Waals surface area contributed by atoms with Gasteiger partial charge in [-0.25, -0.2) is 0 Å². The number of rotatable bonds is 7. The van der Waals surface area contributed by atoms with Gasteiger partial charge in [0.05, 0.1) is 25.1 Å². The van der Waals surface area contributed by atoms with Gasteiger partial charge in [0.1, 0.15) is 0 Å². The van der Waals surface area contributed by atoms with E-state index in [-0.39, 0.29) is 11.9 Å². The number of amides is 1. The Morgan fingerprint density at radius 2 is 2.15 bits per heavy atom. The third-order valence-electron chi connectivity index (χ3n) is 4.68. The zero-order valence-electron chi connectivity index (χ0n) is 15.2. The second-order valence-electron chi connectivity index (χ2n) is 6.14. The highest BCUT2D eigenvalue weighted by atomic mass is 32.1. The predicted octanol–water partition coefficient (Wildman–Crippen LogP) is 3.28. The summed E-state index contributed by atoms with van der Waals surface area (Å²) in [6.07, 6.45) is 2.83. The molecule has 138 valence electrons. The van der Waals surface area contributed by atoms with E-state index in [1.165, 1.54) is 22.5 Å². The minimum Gasteiger partial charge on any atom is -0.493 e. The molecule has 0 radical (unpaired) electrons. The van der Waals surface area contributed by atoms with E-state index >= 15 is 0 Å². The summed E-state index contributed by atoms with van der Waals surface area (Å²) in [5.41, 5.74) is 2.40. The average Bonchev–Trinajstić information content (AvgIpc) is 3.20. The molecule has 2 heterocycles. The monoisotopic (exact) mass is 372 g/mol. The number of carbonyl (C=O) groups excluding carboxylic acids is 1. The Hall–Kier alpha value is -2.31. The van der Waals surface area contributed by atoms with Gasteiger partial charge in [-0.3, -0.25) is 9.69 Å². The second-order valence-corrected chi connectivity index (χ2v) is 7.09. The molecule has 1 aliphatic heterocycles. The quantitative estimate of drug-likeness (QED) is 0.758. The maximum Gasteiger partial charge on any atom is 0.261 e. The molecular weight excluding hydrogens is 348 g/mol. The number of carbonyl (C=O) groups is 1. The minimum absolute atomic E-state index is 0.0360. The average molecular weight is 372 g/mol. The first-order valence-corrected chi connectivity index (χ1v) is 9.47. The molecule has 0 bridgehead atoms. The standard InChI is InChI=1S/C20H24N2O3S/c1-4-8-22-9-7-14-11-17(24-2)18(25-3)12-15(14)16(22)13-21-20(23)19-6-5-10-26-19/h4-6,10-12,16H,1,7-9,13H2,2-3H3,(H,21,23). The molecule has 1 atom stereocenters. The molecule has 26 heavy (non-hydrogen) atoms. The third-order valence-corrected chi connectivity index (χ3v) is 5.55. The first kappa shape index (κ1) is 18.5. The summed E-state index contributed by atoms with van der Waals surface area (Å²) in [6.45, 7) is 6.09. The first-order valence-electron chi connectivity index (χ1n) is 8.59. The number of hydrogen-bond donors (Lipinski definition) is 1. The Kier molecular flexibility index (Phi) is 5.96. The number of thiophene rings is 1. The van der Waals surface area contributed by atoms with Crippen LogP contribution in [0.4, 0.5) is 0 Å². The van der Waals surface area contributed by atoms with Crippen LogP contribution in [0, 0.1) is 0 Å². The fourth-order valence-electron chi connectivity index (χ4n) is 3.39. The molecule has 1 unspecified atom stereocenters. The third kappa shape index (κ3) is 3.76. The summed E-state index contributed by atoms with van der Waals surface area (Å²) in [7, 11) is 3.29. The summed E-state index contributed by atoms with van der Waals surface area (Å²) < 4.78 is 10.9. The SMILES string of the molecule is C=CCN1CCc2cc(OC)c(OC)cc2C1CNC(=O)c1cccs1. The van der Waals surface area contributed by atoms with E-state index < -0.39 is 0 Å². The summed E-state index contributed by atoms with van der Waals surface area (Å²) >= 11 is 1.45. The summed E-state index contributed by atoms with van der Waals surface area (Å²) in [4.78, 5) is 15.4. The van der Waals surface area contributed by atoms with E-state index in [2.05, 4.69) is 16.8 Å². The van der Waals surface area contributed by atoms with Crippen LogP contribution in [-0.2, 0) is 6.42 Å². The van der Waals surface area contributed by atoms with E-state index in [1.807, 2.05) is 35.7 Å². The van der Waals surface area contributed by atoms with Crippen LogP contribution in [-0.4, -0.2) is 44.7 Å². The van der Waals surface area contributed by atoms with Gasteiger partial charge in [-0.1, -0.05) is 12.1 Å². The highest BCUT2D eigenvalue weighted by Crippen LogP contribution is 2.37. The number of benzene rings is 1. The zero-order valence-corrected chi connectivity index (χ0v) is 16.0. The summed E-state index contributed by atoms with van der Waals surface area (Å²) in [6, 6.07) is 7.88. The van der Waals surface area contributed by atoms with Crippen LogP contribution in [0.3, 0.4) is 0 Å². The lowest BCUT2D eigenvalue weighted by atomic mass is 9.91. The van der Waals surface area contributed by atoms with Crippen molar-refractivity contribution >= 4 is 17.2 Å². The van der Waals surface area contributed by atoms with Crippen LogP contribution in [0.5, 0.6) is 11.5 Å². The van der Waals surface area contributed by atoms with Gasteiger partial charge in [0.25, 0.3) is 5.91 Å². The van der Waals surface area contributed by atoms with Crippen molar-refractivity contribution in [3.8, 4) is 11.5 Å². The summed E-state index contributed by atoms with van der Waals surface area (Å²) in [5.74, 6) is 1.41. The second kappa shape index (κ2) is 8.38. The number of fused-ring (bicyclic) bond motifs is 1. The molecule has 0 saturated carbocycles. The molecule has 0 aliphatic carbocycles. The van der Waals surface area contributed by atoms with Crippen LogP contribution in [0.15, 0.2) is 42.3 Å². The largest absolute Gasteiger partial charge is 0.493 e.